The smallest absolute Gasteiger partial charge is 0.0418 e. The van der Waals surface area contributed by atoms with Crippen molar-refractivity contribution in [3.63, 3.8) is 0 Å². The van der Waals surface area contributed by atoms with Crippen molar-refractivity contribution in [2.75, 3.05) is 18.2 Å². The van der Waals surface area contributed by atoms with Crippen molar-refractivity contribution in [1.82, 2.24) is 5.32 Å². The molecular formula is C3H9CuNS2. The van der Waals surface area contributed by atoms with Gasteiger partial charge in [-0.2, -0.15) is 13.5 Å². The Morgan fingerprint density at radius 1 is 1.43 bits per heavy atom. The third kappa shape index (κ3) is 5.04. The molecule has 0 aromatic carbocycles. The molecule has 0 atom stereocenters. The Bertz CT molecular complexity index is 24.5. The standard InChI is InChI=1S/C3H7NS.Cu.H2S/c1-2-5-3-4-1;;/h4H,1-3H2;;1H2. The van der Waals surface area contributed by atoms with Crippen LogP contribution in [0.3, 0.4) is 0 Å². The van der Waals surface area contributed by atoms with Crippen LogP contribution in [0.5, 0.6) is 0 Å². The van der Waals surface area contributed by atoms with E-state index in [1.807, 2.05) is 11.8 Å². The van der Waals surface area contributed by atoms with E-state index in [9.17, 15) is 0 Å². The van der Waals surface area contributed by atoms with Crippen LogP contribution in [0.4, 0.5) is 0 Å². The van der Waals surface area contributed by atoms with Crippen molar-refractivity contribution >= 4 is 25.3 Å². The van der Waals surface area contributed by atoms with Crippen LogP contribution in [-0.2, 0) is 17.1 Å². The second-order valence-electron chi connectivity index (χ2n) is 1.05. The first-order chi connectivity index (χ1) is 2.50. The Morgan fingerprint density at radius 2 is 2.14 bits per heavy atom. The van der Waals surface area contributed by atoms with Crippen LogP contribution < -0.4 is 5.32 Å². The van der Waals surface area contributed by atoms with Gasteiger partial charge >= 0.3 is 0 Å². The molecule has 0 bridgehead atoms. The minimum absolute atomic E-state index is 0. The molecule has 0 saturated carbocycles. The zero-order valence-electron chi connectivity index (χ0n) is 3.83. The van der Waals surface area contributed by atoms with Crippen LogP contribution in [0.2, 0.25) is 0 Å². The summed E-state index contributed by atoms with van der Waals surface area (Å²) in [7, 11) is 0. The van der Waals surface area contributed by atoms with Gasteiger partial charge in [0.1, 0.15) is 0 Å². The van der Waals surface area contributed by atoms with Gasteiger partial charge in [0.25, 0.3) is 0 Å². The molecule has 0 aliphatic carbocycles. The largest absolute Gasteiger partial charge is 0.307 e. The molecule has 0 amide bonds. The predicted molar refractivity (Wildman–Crippen MR) is 35.7 cm³/mol. The number of hydrogen-bond donors (Lipinski definition) is 1. The average molecular weight is 187 g/mol. The van der Waals surface area contributed by atoms with E-state index in [0.29, 0.717) is 0 Å². The first-order valence-corrected chi connectivity index (χ1v) is 2.94. The third-order valence-electron chi connectivity index (χ3n) is 0.627. The van der Waals surface area contributed by atoms with Gasteiger partial charge in [-0.1, -0.05) is 0 Å². The molecule has 1 nitrogen and oxygen atoms in total. The van der Waals surface area contributed by atoms with Crippen LogP contribution in [0, 0.1) is 0 Å². The Kier molecular flexibility index (Phi) is 11.3. The fraction of sp³-hybridized carbons (Fsp3) is 1.00. The molecule has 1 N–H and O–H groups in total. The van der Waals surface area contributed by atoms with Crippen LogP contribution in [0.1, 0.15) is 0 Å². The topological polar surface area (TPSA) is 12.0 Å². The normalized spacial score (nSPS) is 17.1. The van der Waals surface area contributed by atoms with Gasteiger partial charge in [-0.15, -0.1) is 11.8 Å². The Labute approximate surface area is 65.9 Å². The van der Waals surface area contributed by atoms with Gasteiger partial charge in [0, 0.05) is 35.2 Å². The van der Waals surface area contributed by atoms with Crippen molar-refractivity contribution in [3.05, 3.63) is 0 Å². The van der Waals surface area contributed by atoms with Crippen LogP contribution >= 0.6 is 25.3 Å². The second-order valence-corrected chi connectivity index (χ2v) is 2.16. The van der Waals surface area contributed by atoms with E-state index in [1.54, 1.807) is 0 Å². The predicted octanol–water partition coefficient (Wildman–Crippen LogP) is 0.391. The van der Waals surface area contributed by atoms with Crippen molar-refractivity contribution < 1.29 is 17.1 Å². The molecule has 0 spiro atoms. The zero-order valence-corrected chi connectivity index (χ0v) is 6.59. The molecule has 49 valence electrons. The molecule has 7 heavy (non-hydrogen) atoms. The van der Waals surface area contributed by atoms with Gasteiger partial charge in [-0.05, 0) is 0 Å². The van der Waals surface area contributed by atoms with Gasteiger partial charge in [-0.25, -0.2) is 0 Å². The van der Waals surface area contributed by atoms with Crippen molar-refractivity contribution in [1.29, 1.82) is 0 Å². The summed E-state index contributed by atoms with van der Waals surface area (Å²) in [5, 5.41) is 3.19. The maximum Gasteiger partial charge on any atom is 0.0418 e. The van der Waals surface area contributed by atoms with E-state index >= 15 is 0 Å². The quantitative estimate of drug-likeness (QED) is 0.550. The SMILES string of the molecule is C1CSCN1.S.[Cu]. The van der Waals surface area contributed by atoms with Crippen molar-refractivity contribution in [2.24, 2.45) is 0 Å². The second kappa shape index (κ2) is 7.18. The summed E-state index contributed by atoms with van der Waals surface area (Å²) < 4.78 is 0. The molecule has 1 aliphatic heterocycles. The van der Waals surface area contributed by atoms with Gasteiger partial charge in [0.2, 0.25) is 0 Å². The monoisotopic (exact) mass is 186 g/mol. The maximum absolute atomic E-state index is 3.19. The summed E-state index contributed by atoms with van der Waals surface area (Å²) in [6.07, 6.45) is 0. The van der Waals surface area contributed by atoms with Crippen LogP contribution in [0.25, 0.3) is 0 Å². The molecule has 1 aliphatic rings. The fourth-order valence-corrected chi connectivity index (χ4v) is 1.08. The van der Waals surface area contributed by atoms with Crippen molar-refractivity contribution in [3.8, 4) is 0 Å². The molecule has 1 rings (SSSR count). The Balaban J connectivity index is 0. The fourth-order valence-electron chi connectivity index (χ4n) is 0.361. The molecule has 0 aromatic heterocycles. The summed E-state index contributed by atoms with van der Waals surface area (Å²) in [5.74, 6) is 2.47. The van der Waals surface area contributed by atoms with Gasteiger partial charge in [-0.3, -0.25) is 0 Å². The number of nitrogens with one attached hydrogen (secondary N) is 1. The van der Waals surface area contributed by atoms with Crippen LogP contribution in [-0.4, -0.2) is 18.2 Å². The number of rotatable bonds is 0. The molecule has 1 saturated heterocycles. The number of thioether (sulfide) groups is 1. The summed E-state index contributed by atoms with van der Waals surface area (Å²) in [6.45, 7) is 1.21. The summed E-state index contributed by atoms with van der Waals surface area (Å²) >= 11 is 1.96. The molecule has 1 fully saturated rings. The average Bonchev–Trinajstić information content (AvgIpc) is 1.76. The van der Waals surface area contributed by atoms with E-state index in [2.05, 4.69) is 5.32 Å². The summed E-state index contributed by atoms with van der Waals surface area (Å²) in [4.78, 5) is 0. The molecule has 0 unspecified atom stereocenters. The third-order valence-corrected chi connectivity index (χ3v) is 1.53. The molecule has 4 heteroatoms. The van der Waals surface area contributed by atoms with E-state index < -0.39 is 0 Å². The molecule has 0 aromatic rings. The van der Waals surface area contributed by atoms with Gasteiger partial charge in [0.15, 0.2) is 0 Å². The minimum Gasteiger partial charge on any atom is -0.307 e. The van der Waals surface area contributed by atoms with Crippen molar-refractivity contribution in [2.45, 2.75) is 0 Å². The Morgan fingerprint density at radius 3 is 2.29 bits per heavy atom. The summed E-state index contributed by atoms with van der Waals surface area (Å²) in [5.41, 5.74) is 0. The Hall–Kier alpha value is 1.18. The van der Waals surface area contributed by atoms with E-state index in [1.165, 1.54) is 18.2 Å². The van der Waals surface area contributed by atoms with Crippen LogP contribution in [0.15, 0.2) is 0 Å². The first-order valence-electron chi connectivity index (χ1n) is 1.78. The minimum atomic E-state index is 0. The number of hydrogen-bond acceptors (Lipinski definition) is 2. The molecule has 1 radical (unpaired) electrons. The summed E-state index contributed by atoms with van der Waals surface area (Å²) in [6, 6.07) is 0. The maximum atomic E-state index is 3.19. The van der Waals surface area contributed by atoms with Gasteiger partial charge < -0.3 is 5.32 Å². The zero-order chi connectivity index (χ0) is 3.54. The van der Waals surface area contributed by atoms with E-state index in [-0.39, 0.29) is 30.6 Å². The van der Waals surface area contributed by atoms with E-state index in [0.717, 1.165) is 0 Å². The molecular weight excluding hydrogens is 178 g/mol. The molecule has 1 heterocycles. The van der Waals surface area contributed by atoms with Gasteiger partial charge in [0.05, 0.1) is 0 Å². The van der Waals surface area contributed by atoms with E-state index in [4.69, 9.17) is 0 Å². The first kappa shape index (κ1) is 11.0.